The van der Waals surface area contributed by atoms with E-state index in [1.54, 1.807) is 12.1 Å². The second kappa shape index (κ2) is 8.53. The number of carbonyl (C=O) groups excluding carboxylic acids is 1. The third-order valence-corrected chi connectivity index (χ3v) is 3.09. The fourth-order valence-electron chi connectivity index (χ4n) is 1.70. The van der Waals surface area contributed by atoms with Crippen molar-refractivity contribution in [2.24, 2.45) is 0 Å². The summed E-state index contributed by atoms with van der Waals surface area (Å²) in [5, 5.41) is 6.02. The largest absolute Gasteiger partial charge is 0.494 e. The van der Waals surface area contributed by atoms with Crippen molar-refractivity contribution in [1.29, 1.82) is 0 Å². The minimum atomic E-state index is -0.374. The molecule has 0 aliphatic rings. The number of nitrogens with one attached hydrogen (secondary N) is 2. The highest BCUT2D eigenvalue weighted by molar-refractivity contribution is 5.76. The molecule has 2 N–H and O–H groups in total. The number of amides is 1. The molecule has 0 aromatic heterocycles. The van der Waals surface area contributed by atoms with Gasteiger partial charge in [-0.2, -0.15) is 0 Å². The summed E-state index contributed by atoms with van der Waals surface area (Å²) in [5.41, 5.74) is 0.825. The molecule has 0 fully saturated rings. The molecule has 1 atom stereocenters. The third-order valence-electron chi connectivity index (χ3n) is 3.09. The van der Waals surface area contributed by atoms with E-state index < -0.39 is 0 Å². The van der Waals surface area contributed by atoms with E-state index in [-0.39, 0.29) is 23.5 Å². The molecule has 0 heterocycles. The van der Waals surface area contributed by atoms with Crippen molar-refractivity contribution in [2.45, 2.75) is 39.3 Å². The highest BCUT2D eigenvalue weighted by Gasteiger charge is 2.06. The zero-order chi connectivity index (χ0) is 15.0. The Labute approximate surface area is 119 Å². The standard InChI is InChI=1S/C15H23FN2O2/c1-4-11(2)18-15(19)7-8-17-10-12-5-6-14(20-3)13(16)9-12/h5-6,9,11,17H,4,7-8,10H2,1-3H3,(H,18,19). The Bertz CT molecular complexity index is 438. The van der Waals surface area contributed by atoms with Crippen LogP contribution in [-0.2, 0) is 11.3 Å². The third kappa shape index (κ3) is 5.57. The number of hydrogen-bond donors (Lipinski definition) is 2. The van der Waals surface area contributed by atoms with Gasteiger partial charge in [-0.25, -0.2) is 4.39 Å². The Morgan fingerprint density at radius 2 is 2.20 bits per heavy atom. The second-order valence-electron chi connectivity index (χ2n) is 4.77. The van der Waals surface area contributed by atoms with Crippen LogP contribution < -0.4 is 15.4 Å². The van der Waals surface area contributed by atoms with Gasteiger partial charge >= 0.3 is 0 Å². The van der Waals surface area contributed by atoms with E-state index in [0.29, 0.717) is 19.5 Å². The Morgan fingerprint density at radius 3 is 2.80 bits per heavy atom. The van der Waals surface area contributed by atoms with E-state index in [9.17, 15) is 9.18 Å². The lowest BCUT2D eigenvalue weighted by atomic mass is 10.2. The summed E-state index contributed by atoms with van der Waals surface area (Å²) in [5.74, 6) is -0.101. The van der Waals surface area contributed by atoms with Gasteiger partial charge in [0.25, 0.3) is 0 Å². The summed E-state index contributed by atoms with van der Waals surface area (Å²) >= 11 is 0. The van der Waals surface area contributed by atoms with Gasteiger partial charge in [0, 0.05) is 25.6 Å². The van der Waals surface area contributed by atoms with Crippen LogP contribution in [0.3, 0.4) is 0 Å². The molecule has 0 bridgehead atoms. The molecular formula is C15H23FN2O2. The van der Waals surface area contributed by atoms with Crippen molar-refractivity contribution in [1.82, 2.24) is 10.6 Å². The first kappa shape index (κ1) is 16.4. The topological polar surface area (TPSA) is 50.4 Å². The molecule has 1 amide bonds. The van der Waals surface area contributed by atoms with Gasteiger partial charge < -0.3 is 15.4 Å². The molecule has 112 valence electrons. The van der Waals surface area contributed by atoms with Crippen molar-refractivity contribution in [3.8, 4) is 5.75 Å². The van der Waals surface area contributed by atoms with Crippen LogP contribution in [0, 0.1) is 5.82 Å². The van der Waals surface area contributed by atoms with E-state index >= 15 is 0 Å². The molecule has 1 aromatic rings. The summed E-state index contributed by atoms with van der Waals surface area (Å²) in [6, 6.07) is 5.04. The number of ether oxygens (including phenoxy) is 1. The van der Waals surface area contributed by atoms with Crippen LogP contribution in [0.25, 0.3) is 0 Å². The first-order valence-electron chi connectivity index (χ1n) is 6.89. The smallest absolute Gasteiger partial charge is 0.221 e. The Morgan fingerprint density at radius 1 is 1.45 bits per heavy atom. The number of carbonyl (C=O) groups is 1. The van der Waals surface area contributed by atoms with Gasteiger partial charge in [0.1, 0.15) is 0 Å². The summed E-state index contributed by atoms with van der Waals surface area (Å²) in [6.07, 6.45) is 1.34. The predicted molar refractivity (Wildman–Crippen MR) is 77.2 cm³/mol. The van der Waals surface area contributed by atoms with Crippen LogP contribution in [0.2, 0.25) is 0 Å². The highest BCUT2D eigenvalue weighted by Crippen LogP contribution is 2.17. The van der Waals surface area contributed by atoms with E-state index in [1.165, 1.54) is 13.2 Å². The van der Waals surface area contributed by atoms with Crippen LogP contribution in [0.15, 0.2) is 18.2 Å². The van der Waals surface area contributed by atoms with Crippen LogP contribution in [-0.4, -0.2) is 25.6 Å². The Hall–Kier alpha value is -1.62. The molecule has 1 aromatic carbocycles. The summed E-state index contributed by atoms with van der Waals surface area (Å²) in [4.78, 5) is 11.5. The van der Waals surface area contributed by atoms with Crippen molar-refractivity contribution < 1.29 is 13.9 Å². The van der Waals surface area contributed by atoms with Gasteiger partial charge in [0.15, 0.2) is 11.6 Å². The molecule has 0 aliphatic heterocycles. The zero-order valence-electron chi connectivity index (χ0n) is 12.3. The van der Waals surface area contributed by atoms with E-state index in [4.69, 9.17) is 4.74 Å². The fraction of sp³-hybridized carbons (Fsp3) is 0.533. The summed E-state index contributed by atoms with van der Waals surface area (Å²) in [7, 11) is 1.44. The maximum absolute atomic E-state index is 13.5. The van der Waals surface area contributed by atoms with Gasteiger partial charge in [-0.1, -0.05) is 13.0 Å². The average Bonchev–Trinajstić information content (AvgIpc) is 2.43. The summed E-state index contributed by atoms with van der Waals surface area (Å²) in [6.45, 7) is 5.10. The van der Waals surface area contributed by atoms with Crippen molar-refractivity contribution in [3.63, 3.8) is 0 Å². The second-order valence-corrected chi connectivity index (χ2v) is 4.77. The maximum Gasteiger partial charge on any atom is 0.221 e. The van der Waals surface area contributed by atoms with Crippen molar-refractivity contribution in [2.75, 3.05) is 13.7 Å². The monoisotopic (exact) mass is 282 g/mol. The Balaban J connectivity index is 2.27. The molecule has 0 aliphatic carbocycles. The van der Waals surface area contributed by atoms with Gasteiger partial charge in [0.05, 0.1) is 7.11 Å². The number of rotatable bonds is 8. The van der Waals surface area contributed by atoms with Gasteiger partial charge in [-0.3, -0.25) is 4.79 Å². The van der Waals surface area contributed by atoms with Gasteiger partial charge in [0.2, 0.25) is 5.91 Å². The van der Waals surface area contributed by atoms with Gasteiger partial charge in [-0.15, -0.1) is 0 Å². The molecule has 20 heavy (non-hydrogen) atoms. The number of benzene rings is 1. The first-order chi connectivity index (χ1) is 9.56. The van der Waals surface area contributed by atoms with Crippen LogP contribution >= 0.6 is 0 Å². The lowest BCUT2D eigenvalue weighted by molar-refractivity contribution is -0.121. The molecule has 0 spiro atoms. The van der Waals surface area contributed by atoms with Crippen LogP contribution in [0.4, 0.5) is 4.39 Å². The minimum Gasteiger partial charge on any atom is -0.494 e. The maximum atomic E-state index is 13.5. The number of methoxy groups -OCH3 is 1. The highest BCUT2D eigenvalue weighted by atomic mass is 19.1. The lowest BCUT2D eigenvalue weighted by Gasteiger charge is -2.11. The molecule has 0 saturated heterocycles. The average molecular weight is 282 g/mol. The predicted octanol–water partition coefficient (Wildman–Crippen LogP) is 2.23. The normalized spacial score (nSPS) is 12.0. The molecule has 1 rings (SSSR count). The summed E-state index contributed by atoms with van der Waals surface area (Å²) < 4.78 is 18.3. The molecule has 0 radical (unpaired) electrons. The molecular weight excluding hydrogens is 259 g/mol. The van der Waals surface area contributed by atoms with Crippen molar-refractivity contribution in [3.05, 3.63) is 29.6 Å². The minimum absolute atomic E-state index is 0.0350. The molecule has 5 heteroatoms. The SMILES string of the molecule is CCC(C)NC(=O)CCNCc1ccc(OC)c(F)c1. The fourth-order valence-corrected chi connectivity index (χ4v) is 1.70. The lowest BCUT2D eigenvalue weighted by Crippen LogP contribution is -2.33. The molecule has 1 unspecified atom stereocenters. The van der Waals surface area contributed by atoms with E-state index in [1.807, 2.05) is 13.8 Å². The molecule has 4 nitrogen and oxygen atoms in total. The van der Waals surface area contributed by atoms with Crippen molar-refractivity contribution >= 4 is 5.91 Å². The van der Waals surface area contributed by atoms with E-state index in [2.05, 4.69) is 10.6 Å². The zero-order valence-corrected chi connectivity index (χ0v) is 12.3. The van der Waals surface area contributed by atoms with Gasteiger partial charge in [-0.05, 0) is 31.0 Å². The number of halogens is 1. The van der Waals surface area contributed by atoms with E-state index in [0.717, 1.165) is 12.0 Å². The Kier molecular flexibility index (Phi) is 7.01. The number of hydrogen-bond acceptors (Lipinski definition) is 3. The quantitative estimate of drug-likeness (QED) is 0.719. The van der Waals surface area contributed by atoms with Crippen LogP contribution in [0.1, 0.15) is 32.3 Å². The van der Waals surface area contributed by atoms with Crippen LogP contribution in [0.5, 0.6) is 5.75 Å². The first-order valence-corrected chi connectivity index (χ1v) is 6.89. The molecule has 0 saturated carbocycles.